The molecule has 3 rings (SSSR count). The number of hydrogen-bond acceptors (Lipinski definition) is 5. The average molecular weight is 304 g/mol. The van der Waals surface area contributed by atoms with Crippen LogP contribution < -0.4 is 0 Å². The number of carbonyl (C=O) groups excluding carboxylic acids is 1. The second-order valence-electron chi connectivity index (χ2n) is 5.54. The van der Waals surface area contributed by atoms with Gasteiger partial charge in [0.25, 0.3) is 5.91 Å². The van der Waals surface area contributed by atoms with Crippen molar-refractivity contribution in [1.29, 1.82) is 0 Å². The summed E-state index contributed by atoms with van der Waals surface area (Å²) in [5.41, 5.74) is 1.37. The van der Waals surface area contributed by atoms with Crippen LogP contribution in [0.15, 0.2) is 22.9 Å². The number of fused-ring (bicyclic) bond motifs is 1. The molecule has 2 aromatic rings. The topological polar surface area (TPSA) is 73.4 Å². The van der Waals surface area contributed by atoms with Crippen molar-refractivity contribution < 1.29 is 14.1 Å². The zero-order valence-corrected chi connectivity index (χ0v) is 12.9. The van der Waals surface area contributed by atoms with E-state index in [0.717, 1.165) is 12.2 Å². The Hall–Kier alpha value is -2.15. The summed E-state index contributed by atoms with van der Waals surface area (Å²) in [7, 11) is 0. The van der Waals surface area contributed by atoms with Crippen LogP contribution >= 0.6 is 0 Å². The van der Waals surface area contributed by atoms with E-state index in [0.29, 0.717) is 37.8 Å². The first-order valence-corrected chi connectivity index (χ1v) is 7.48. The normalized spacial score (nSPS) is 18.1. The molecule has 1 aliphatic rings. The molecule has 7 heteroatoms. The Morgan fingerprint density at radius 3 is 3.09 bits per heavy atom. The molecule has 7 nitrogen and oxygen atoms in total. The van der Waals surface area contributed by atoms with Crippen molar-refractivity contribution in [3.8, 4) is 0 Å². The van der Waals surface area contributed by atoms with E-state index >= 15 is 0 Å². The van der Waals surface area contributed by atoms with Crippen LogP contribution in [0.1, 0.15) is 28.9 Å². The summed E-state index contributed by atoms with van der Waals surface area (Å²) in [5.74, 6) is 0.722. The van der Waals surface area contributed by atoms with Gasteiger partial charge in [0.05, 0.1) is 18.8 Å². The molecule has 0 fully saturated rings. The molecule has 0 aromatic carbocycles. The summed E-state index contributed by atoms with van der Waals surface area (Å²) >= 11 is 0. The van der Waals surface area contributed by atoms with E-state index in [2.05, 4.69) is 10.3 Å². The minimum absolute atomic E-state index is 0.118. The van der Waals surface area contributed by atoms with E-state index in [1.54, 1.807) is 24.1 Å². The van der Waals surface area contributed by atoms with E-state index in [1.807, 2.05) is 17.7 Å². The zero-order chi connectivity index (χ0) is 15.5. The Balaban J connectivity index is 1.82. The molecule has 0 bridgehead atoms. The maximum Gasteiger partial charge on any atom is 0.276 e. The van der Waals surface area contributed by atoms with Gasteiger partial charge in [0.1, 0.15) is 5.76 Å². The van der Waals surface area contributed by atoms with Gasteiger partial charge in [-0.2, -0.15) is 5.10 Å². The van der Waals surface area contributed by atoms with Gasteiger partial charge in [-0.25, -0.2) is 0 Å². The smallest absolute Gasteiger partial charge is 0.276 e. The molecule has 0 saturated carbocycles. The summed E-state index contributed by atoms with van der Waals surface area (Å²) in [6.07, 6.45) is 1.77. The minimum Gasteiger partial charge on any atom is -0.381 e. The Kier molecular flexibility index (Phi) is 4.24. The number of ether oxygens (including phenoxy) is 1. The third kappa shape index (κ3) is 3.04. The lowest BCUT2D eigenvalue weighted by atomic mass is 10.1. The van der Waals surface area contributed by atoms with Gasteiger partial charge < -0.3 is 14.2 Å². The molecular formula is C15H20N4O3. The predicted octanol–water partition coefficient (Wildman–Crippen LogP) is 1.49. The largest absolute Gasteiger partial charge is 0.381 e. The van der Waals surface area contributed by atoms with Crippen molar-refractivity contribution in [2.45, 2.75) is 26.9 Å². The Morgan fingerprint density at radius 2 is 2.36 bits per heavy atom. The van der Waals surface area contributed by atoms with E-state index < -0.39 is 0 Å². The summed E-state index contributed by atoms with van der Waals surface area (Å²) in [6, 6.07) is 3.61. The van der Waals surface area contributed by atoms with Crippen molar-refractivity contribution in [1.82, 2.24) is 19.8 Å². The lowest BCUT2D eigenvalue weighted by Gasteiger charge is -2.23. The number of amides is 1. The van der Waals surface area contributed by atoms with Gasteiger partial charge in [-0.15, -0.1) is 0 Å². The van der Waals surface area contributed by atoms with E-state index in [4.69, 9.17) is 9.26 Å². The summed E-state index contributed by atoms with van der Waals surface area (Å²) in [6.45, 7) is 6.91. The van der Waals surface area contributed by atoms with Crippen LogP contribution in [0.4, 0.5) is 0 Å². The van der Waals surface area contributed by atoms with E-state index in [1.165, 1.54) is 0 Å². The van der Waals surface area contributed by atoms with E-state index in [9.17, 15) is 4.79 Å². The lowest BCUT2D eigenvalue weighted by molar-refractivity contribution is 0.0608. The van der Waals surface area contributed by atoms with Crippen molar-refractivity contribution in [2.24, 2.45) is 5.92 Å². The molecule has 1 amide bonds. The SMILES string of the molecule is CCOC[C@@H]1CN(C(=O)c2cc(C)on2)Cc2ccnn2C1. The van der Waals surface area contributed by atoms with Crippen molar-refractivity contribution in [3.63, 3.8) is 0 Å². The molecule has 0 N–H and O–H groups in total. The number of rotatable bonds is 4. The molecule has 0 unspecified atom stereocenters. The molecule has 118 valence electrons. The maximum atomic E-state index is 12.6. The molecule has 3 heterocycles. The third-order valence-corrected chi connectivity index (χ3v) is 3.76. The minimum atomic E-state index is -0.118. The summed E-state index contributed by atoms with van der Waals surface area (Å²) in [4.78, 5) is 14.4. The fourth-order valence-corrected chi connectivity index (χ4v) is 2.71. The Morgan fingerprint density at radius 1 is 1.50 bits per heavy atom. The van der Waals surface area contributed by atoms with Crippen LogP contribution in [0.2, 0.25) is 0 Å². The first-order chi connectivity index (χ1) is 10.7. The molecule has 0 aliphatic carbocycles. The molecule has 0 saturated heterocycles. The van der Waals surface area contributed by atoms with E-state index in [-0.39, 0.29) is 11.8 Å². The highest BCUT2D eigenvalue weighted by atomic mass is 16.5. The first kappa shape index (κ1) is 14.8. The fraction of sp³-hybridized carbons (Fsp3) is 0.533. The predicted molar refractivity (Wildman–Crippen MR) is 78.2 cm³/mol. The van der Waals surface area contributed by atoms with Crippen LogP contribution in [-0.4, -0.2) is 45.5 Å². The Labute approximate surface area is 128 Å². The van der Waals surface area contributed by atoms with Gasteiger partial charge in [0, 0.05) is 37.9 Å². The number of aryl methyl sites for hydroxylation is 1. The van der Waals surface area contributed by atoms with Gasteiger partial charge in [-0.1, -0.05) is 5.16 Å². The van der Waals surface area contributed by atoms with Crippen LogP contribution in [0.5, 0.6) is 0 Å². The molecule has 2 aromatic heterocycles. The summed E-state index contributed by atoms with van der Waals surface area (Å²) in [5, 5.41) is 8.17. The third-order valence-electron chi connectivity index (χ3n) is 3.76. The molecule has 0 spiro atoms. The van der Waals surface area contributed by atoms with Gasteiger partial charge in [0.15, 0.2) is 5.69 Å². The molecular weight excluding hydrogens is 284 g/mol. The monoisotopic (exact) mass is 304 g/mol. The van der Waals surface area contributed by atoms with Crippen LogP contribution in [0, 0.1) is 12.8 Å². The Bertz CT molecular complexity index is 649. The van der Waals surface area contributed by atoms with Crippen molar-refractivity contribution >= 4 is 5.91 Å². The highest BCUT2D eigenvalue weighted by Gasteiger charge is 2.27. The number of aromatic nitrogens is 3. The van der Waals surface area contributed by atoms with Crippen LogP contribution in [-0.2, 0) is 17.8 Å². The van der Waals surface area contributed by atoms with Gasteiger partial charge in [0.2, 0.25) is 0 Å². The highest BCUT2D eigenvalue weighted by molar-refractivity contribution is 5.92. The molecule has 0 radical (unpaired) electrons. The number of nitrogens with zero attached hydrogens (tertiary/aromatic N) is 4. The second-order valence-corrected chi connectivity index (χ2v) is 5.54. The maximum absolute atomic E-state index is 12.6. The van der Waals surface area contributed by atoms with Gasteiger partial charge >= 0.3 is 0 Å². The standard InChI is InChI=1S/C15H20N4O3/c1-3-21-10-12-7-18(9-13-4-5-16-19(13)8-12)15(20)14-6-11(2)22-17-14/h4-6,12H,3,7-10H2,1-2H3/t12-/m1/s1. The van der Waals surface area contributed by atoms with Gasteiger partial charge in [-0.3, -0.25) is 9.48 Å². The fourth-order valence-electron chi connectivity index (χ4n) is 2.71. The van der Waals surface area contributed by atoms with Crippen LogP contribution in [0.25, 0.3) is 0 Å². The first-order valence-electron chi connectivity index (χ1n) is 7.48. The lowest BCUT2D eigenvalue weighted by Crippen LogP contribution is -2.35. The average Bonchev–Trinajstić information content (AvgIpc) is 3.09. The van der Waals surface area contributed by atoms with Crippen molar-refractivity contribution in [3.05, 3.63) is 35.5 Å². The molecule has 1 atom stereocenters. The quantitative estimate of drug-likeness (QED) is 0.855. The second kappa shape index (κ2) is 6.31. The van der Waals surface area contributed by atoms with Crippen LogP contribution in [0.3, 0.4) is 0 Å². The molecule has 1 aliphatic heterocycles. The highest BCUT2D eigenvalue weighted by Crippen LogP contribution is 2.18. The zero-order valence-electron chi connectivity index (χ0n) is 12.9. The van der Waals surface area contributed by atoms with Crippen molar-refractivity contribution in [2.75, 3.05) is 19.8 Å². The van der Waals surface area contributed by atoms with Gasteiger partial charge in [-0.05, 0) is 19.9 Å². The molecule has 22 heavy (non-hydrogen) atoms. The number of hydrogen-bond donors (Lipinski definition) is 0. The number of carbonyl (C=O) groups is 1. The summed E-state index contributed by atoms with van der Waals surface area (Å²) < 4.78 is 12.5.